The molecule has 1 heterocycles. The van der Waals surface area contributed by atoms with E-state index in [2.05, 4.69) is 10.6 Å². The summed E-state index contributed by atoms with van der Waals surface area (Å²) in [4.78, 5) is 39.8. The van der Waals surface area contributed by atoms with Crippen LogP contribution in [-0.4, -0.2) is 54.8 Å². The van der Waals surface area contributed by atoms with Crippen molar-refractivity contribution >= 4 is 29.1 Å². The maximum Gasteiger partial charge on any atom is 0.244 e. The van der Waals surface area contributed by atoms with E-state index in [0.717, 1.165) is 12.8 Å². The minimum Gasteiger partial charge on any atom is -0.352 e. The monoisotopic (exact) mass is 330 g/mol. The van der Waals surface area contributed by atoms with Crippen LogP contribution in [0.4, 0.5) is 11.4 Å². The van der Waals surface area contributed by atoms with Gasteiger partial charge in [0, 0.05) is 6.04 Å². The maximum atomic E-state index is 12.8. The lowest BCUT2D eigenvalue weighted by Gasteiger charge is -2.33. The number of likely N-dealkylation sites (N-methyl/N-ethyl adjacent to an activating group) is 1. The van der Waals surface area contributed by atoms with Gasteiger partial charge in [0.25, 0.3) is 0 Å². The highest BCUT2D eigenvalue weighted by Crippen LogP contribution is 2.29. The van der Waals surface area contributed by atoms with Crippen LogP contribution in [0.1, 0.15) is 19.8 Å². The summed E-state index contributed by atoms with van der Waals surface area (Å²) in [5.41, 5.74) is 1.31. The molecule has 7 heteroatoms. The number of benzene rings is 1. The van der Waals surface area contributed by atoms with Gasteiger partial charge in [-0.25, -0.2) is 0 Å². The van der Waals surface area contributed by atoms with Gasteiger partial charge >= 0.3 is 0 Å². The largest absolute Gasteiger partial charge is 0.352 e. The number of rotatable bonds is 5. The molecule has 1 saturated carbocycles. The molecule has 0 saturated heterocycles. The van der Waals surface area contributed by atoms with Gasteiger partial charge in [-0.3, -0.25) is 24.2 Å². The quantitative estimate of drug-likeness (QED) is 0.827. The summed E-state index contributed by atoms with van der Waals surface area (Å²) in [5.74, 6) is -0.487. The molecule has 1 aliphatic carbocycles. The normalized spacial score (nSPS) is 18.0. The van der Waals surface area contributed by atoms with Crippen LogP contribution in [0.25, 0.3) is 0 Å². The molecule has 3 rings (SSSR count). The van der Waals surface area contributed by atoms with Gasteiger partial charge in [0.15, 0.2) is 0 Å². The second kappa shape index (κ2) is 6.60. The Kier molecular flexibility index (Phi) is 4.53. The van der Waals surface area contributed by atoms with E-state index in [1.54, 1.807) is 31.0 Å². The minimum atomic E-state index is -0.506. The van der Waals surface area contributed by atoms with Crippen molar-refractivity contribution in [2.45, 2.75) is 31.8 Å². The van der Waals surface area contributed by atoms with Crippen molar-refractivity contribution < 1.29 is 14.4 Å². The van der Waals surface area contributed by atoms with Gasteiger partial charge in [0.2, 0.25) is 17.7 Å². The smallest absolute Gasteiger partial charge is 0.244 e. The van der Waals surface area contributed by atoms with Gasteiger partial charge in [-0.1, -0.05) is 12.1 Å². The molecule has 0 aromatic heterocycles. The van der Waals surface area contributed by atoms with Crippen LogP contribution in [0, 0.1) is 0 Å². The molecule has 0 unspecified atom stereocenters. The Bertz CT molecular complexity index is 672. The standard InChI is InChI=1S/C17H22N4O3/c1-11(20(2)9-15(22)18-12-7-8-12)17(24)21-10-16(23)19-13-5-3-4-6-14(13)21/h3-6,11-12H,7-10H2,1-2H3,(H,18,22)(H,19,23)/t11-/m1/s1. The number of hydrogen-bond acceptors (Lipinski definition) is 4. The van der Waals surface area contributed by atoms with Crippen molar-refractivity contribution in [2.24, 2.45) is 0 Å². The van der Waals surface area contributed by atoms with Crippen LogP contribution < -0.4 is 15.5 Å². The number of amides is 3. The van der Waals surface area contributed by atoms with E-state index < -0.39 is 6.04 Å². The van der Waals surface area contributed by atoms with E-state index in [9.17, 15) is 14.4 Å². The van der Waals surface area contributed by atoms with Gasteiger partial charge in [0.05, 0.1) is 24.0 Å². The average molecular weight is 330 g/mol. The fourth-order valence-corrected chi connectivity index (χ4v) is 2.71. The number of nitrogens with zero attached hydrogens (tertiary/aromatic N) is 2. The summed E-state index contributed by atoms with van der Waals surface area (Å²) in [6.45, 7) is 1.90. The van der Waals surface area contributed by atoms with Crippen LogP contribution in [-0.2, 0) is 14.4 Å². The van der Waals surface area contributed by atoms with E-state index in [1.807, 2.05) is 12.1 Å². The van der Waals surface area contributed by atoms with E-state index in [1.165, 1.54) is 4.90 Å². The van der Waals surface area contributed by atoms with Crippen molar-refractivity contribution in [1.29, 1.82) is 0 Å². The third-order valence-electron chi connectivity index (χ3n) is 4.39. The van der Waals surface area contributed by atoms with E-state index in [0.29, 0.717) is 17.4 Å². The lowest BCUT2D eigenvalue weighted by molar-refractivity contribution is -0.127. The number of nitrogens with one attached hydrogen (secondary N) is 2. The maximum absolute atomic E-state index is 12.8. The Morgan fingerprint density at radius 1 is 1.38 bits per heavy atom. The lowest BCUT2D eigenvalue weighted by Crippen LogP contribution is -2.52. The predicted octanol–water partition coefficient (Wildman–Crippen LogP) is 0.571. The second-order valence-corrected chi connectivity index (χ2v) is 6.42. The molecule has 3 amide bonds. The van der Waals surface area contributed by atoms with Crippen LogP contribution in [0.15, 0.2) is 24.3 Å². The first kappa shape index (κ1) is 16.4. The van der Waals surface area contributed by atoms with Gasteiger partial charge in [0.1, 0.15) is 6.54 Å². The second-order valence-electron chi connectivity index (χ2n) is 6.42. The zero-order valence-electron chi connectivity index (χ0n) is 13.9. The van der Waals surface area contributed by atoms with Gasteiger partial charge in [-0.05, 0) is 38.9 Å². The number of anilines is 2. The topological polar surface area (TPSA) is 81.8 Å². The summed E-state index contributed by atoms with van der Waals surface area (Å²) in [6, 6.07) is 7.01. The summed E-state index contributed by atoms with van der Waals surface area (Å²) in [5, 5.41) is 5.67. The first-order valence-electron chi connectivity index (χ1n) is 8.15. The first-order chi connectivity index (χ1) is 11.5. The number of carbonyl (C=O) groups is 3. The molecule has 7 nitrogen and oxygen atoms in total. The Balaban J connectivity index is 1.68. The van der Waals surface area contributed by atoms with Crippen LogP contribution >= 0.6 is 0 Å². The van der Waals surface area contributed by atoms with Crippen LogP contribution in [0.3, 0.4) is 0 Å². The van der Waals surface area contributed by atoms with Crippen molar-refractivity contribution in [2.75, 3.05) is 30.4 Å². The molecule has 1 atom stereocenters. The highest BCUT2D eigenvalue weighted by atomic mass is 16.2. The predicted molar refractivity (Wildman–Crippen MR) is 90.7 cm³/mol. The SMILES string of the molecule is C[C@H](C(=O)N1CC(=O)Nc2ccccc21)N(C)CC(=O)NC1CC1. The molecule has 0 bridgehead atoms. The molecule has 1 fully saturated rings. The van der Waals surface area contributed by atoms with E-state index in [4.69, 9.17) is 0 Å². The number of hydrogen-bond donors (Lipinski definition) is 2. The van der Waals surface area contributed by atoms with Crippen molar-refractivity contribution in [3.63, 3.8) is 0 Å². The molecule has 1 aromatic rings. The highest BCUT2D eigenvalue weighted by molar-refractivity contribution is 6.11. The fourth-order valence-electron chi connectivity index (χ4n) is 2.71. The summed E-state index contributed by atoms with van der Waals surface area (Å²) in [6.07, 6.45) is 2.06. The Morgan fingerprint density at radius 3 is 2.79 bits per heavy atom. The first-order valence-corrected chi connectivity index (χ1v) is 8.15. The zero-order chi connectivity index (χ0) is 17.3. The van der Waals surface area contributed by atoms with Crippen LogP contribution in [0.2, 0.25) is 0 Å². The molecule has 2 N–H and O–H groups in total. The average Bonchev–Trinajstić information content (AvgIpc) is 3.36. The molecule has 0 radical (unpaired) electrons. The Labute approximate surface area is 141 Å². The Morgan fingerprint density at radius 2 is 2.08 bits per heavy atom. The third-order valence-corrected chi connectivity index (χ3v) is 4.39. The van der Waals surface area contributed by atoms with Crippen molar-refractivity contribution in [1.82, 2.24) is 10.2 Å². The fraction of sp³-hybridized carbons (Fsp3) is 0.471. The molecule has 1 aromatic carbocycles. The molecule has 2 aliphatic rings. The summed E-state index contributed by atoms with van der Waals surface area (Å²) in [7, 11) is 1.74. The minimum absolute atomic E-state index is 0.0116. The molecule has 24 heavy (non-hydrogen) atoms. The third kappa shape index (κ3) is 3.56. The van der Waals surface area contributed by atoms with Gasteiger partial charge < -0.3 is 10.6 Å². The van der Waals surface area contributed by atoms with Crippen molar-refractivity contribution in [3.8, 4) is 0 Å². The van der Waals surface area contributed by atoms with Gasteiger partial charge in [-0.2, -0.15) is 0 Å². The Hall–Kier alpha value is -2.41. The van der Waals surface area contributed by atoms with Crippen LogP contribution in [0.5, 0.6) is 0 Å². The van der Waals surface area contributed by atoms with Crippen molar-refractivity contribution in [3.05, 3.63) is 24.3 Å². The molecule has 128 valence electrons. The molecule has 1 aliphatic heterocycles. The molecular formula is C17H22N4O3. The summed E-state index contributed by atoms with van der Waals surface area (Å²) < 4.78 is 0. The number of para-hydroxylation sites is 2. The van der Waals surface area contributed by atoms with E-state index in [-0.39, 0.29) is 30.8 Å². The highest BCUT2D eigenvalue weighted by Gasteiger charge is 2.32. The van der Waals surface area contributed by atoms with E-state index >= 15 is 0 Å². The zero-order valence-corrected chi connectivity index (χ0v) is 13.9. The van der Waals surface area contributed by atoms with Gasteiger partial charge in [-0.15, -0.1) is 0 Å². The number of carbonyl (C=O) groups excluding carboxylic acids is 3. The molecular weight excluding hydrogens is 308 g/mol. The summed E-state index contributed by atoms with van der Waals surface area (Å²) >= 11 is 0. The lowest BCUT2D eigenvalue weighted by atomic mass is 10.1. The number of fused-ring (bicyclic) bond motifs is 1. The molecule has 0 spiro atoms.